The molecule has 1 aliphatic carbocycles. The molecular formula is C14H21NO. The lowest BCUT2D eigenvalue weighted by Gasteiger charge is -2.13. The first-order chi connectivity index (χ1) is 7.79. The van der Waals surface area contributed by atoms with Crippen molar-refractivity contribution >= 4 is 0 Å². The van der Waals surface area contributed by atoms with Crippen LogP contribution in [0, 0.1) is 0 Å². The Morgan fingerprint density at radius 3 is 2.94 bits per heavy atom. The molecule has 0 aromatic heterocycles. The Morgan fingerprint density at radius 1 is 1.31 bits per heavy atom. The monoisotopic (exact) mass is 219 g/mol. The van der Waals surface area contributed by atoms with E-state index in [0.29, 0.717) is 0 Å². The fourth-order valence-electron chi connectivity index (χ4n) is 2.30. The van der Waals surface area contributed by atoms with Crippen molar-refractivity contribution in [1.29, 1.82) is 0 Å². The predicted molar refractivity (Wildman–Crippen MR) is 66.6 cm³/mol. The topological polar surface area (TPSA) is 21.3 Å². The van der Waals surface area contributed by atoms with Gasteiger partial charge in [0.15, 0.2) is 0 Å². The van der Waals surface area contributed by atoms with E-state index in [9.17, 15) is 0 Å². The summed E-state index contributed by atoms with van der Waals surface area (Å²) in [6, 6.07) is 6.79. The smallest absolute Gasteiger partial charge is 0.0721 e. The van der Waals surface area contributed by atoms with Gasteiger partial charge in [0, 0.05) is 6.54 Å². The molecule has 0 radical (unpaired) electrons. The summed E-state index contributed by atoms with van der Waals surface area (Å²) < 4.78 is 5.77. The summed E-state index contributed by atoms with van der Waals surface area (Å²) in [5.41, 5.74) is 4.37. The Hall–Kier alpha value is -0.860. The van der Waals surface area contributed by atoms with Crippen molar-refractivity contribution in [2.45, 2.75) is 38.9 Å². The molecule has 0 saturated carbocycles. The Morgan fingerprint density at radius 2 is 2.12 bits per heavy atom. The molecule has 0 saturated heterocycles. The minimum atomic E-state index is 0.276. The molecule has 0 amide bonds. The number of hydrogen-bond acceptors (Lipinski definition) is 2. The average Bonchev–Trinajstić information content (AvgIpc) is 2.74. The zero-order valence-electron chi connectivity index (χ0n) is 10.3. The number of rotatable bonds is 5. The summed E-state index contributed by atoms with van der Waals surface area (Å²) in [5.74, 6) is 0. The van der Waals surface area contributed by atoms with Gasteiger partial charge in [-0.2, -0.15) is 0 Å². The predicted octanol–water partition coefficient (Wildman–Crippen LogP) is 2.30. The number of ether oxygens (including phenoxy) is 1. The molecule has 1 atom stereocenters. The Balaban J connectivity index is 1.90. The summed E-state index contributed by atoms with van der Waals surface area (Å²) in [7, 11) is 1.95. The summed E-state index contributed by atoms with van der Waals surface area (Å²) in [5, 5.41) is 3.12. The molecule has 1 aliphatic rings. The van der Waals surface area contributed by atoms with Crippen LogP contribution in [-0.2, 0) is 24.2 Å². The maximum atomic E-state index is 5.77. The molecule has 2 rings (SSSR count). The van der Waals surface area contributed by atoms with Crippen molar-refractivity contribution in [2.24, 2.45) is 0 Å². The molecule has 1 unspecified atom stereocenters. The second kappa shape index (κ2) is 5.46. The number of likely N-dealkylation sites (N-methyl/N-ethyl adjacent to an activating group) is 1. The second-order valence-corrected chi connectivity index (χ2v) is 4.64. The van der Waals surface area contributed by atoms with E-state index in [1.807, 2.05) is 7.05 Å². The molecule has 1 N–H and O–H groups in total. The van der Waals surface area contributed by atoms with Crippen LogP contribution in [0.4, 0.5) is 0 Å². The van der Waals surface area contributed by atoms with Gasteiger partial charge < -0.3 is 10.1 Å². The molecule has 0 heterocycles. The van der Waals surface area contributed by atoms with E-state index >= 15 is 0 Å². The molecule has 2 heteroatoms. The maximum Gasteiger partial charge on any atom is 0.0721 e. The van der Waals surface area contributed by atoms with Gasteiger partial charge in [0.05, 0.1) is 12.7 Å². The van der Waals surface area contributed by atoms with E-state index < -0.39 is 0 Å². The summed E-state index contributed by atoms with van der Waals surface area (Å²) in [6.45, 7) is 3.74. The van der Waals surface area contributed by atoms with Crippen molar-refractivity contribution < 1.29 is 4.74 Å². The minimum absolute atomic E-state index is 0.276. The fourth-order valence-corrected chi connectivity index (χ4v) is 2.30. The first kappa shape index (κ1) is 11.6. The van der Waals surface area contributed by atoms with Crippen LogP contribution in [0.25, 0.3) is 0 Å². The van der Waals surface area contributed by atoms with E-state index in [1.165, 1.54) is 36.0 Å². The van der Waals surface area contributed by atoms with Crippen LogP contribution in [0.5, 0.6) is 0 Å². The number of nitrogens with one attached hydrogen (secondary N) is 1. The highest BCUT2D eigenvalue weighted by Gasteiger charge is 2.11. The maximum absolute atomic E-state index is 5.77. The van der Waals surface area contributed by atoms with E-state index in [0.717, 1.165) is 13.2 Å². The third-order valence-electron chi connectivity index (χ3n) is 3.19. The Labute approximate surface area is 98.0 Å². The third kappa shape index (κ3) is 2.83. The molecule has 0 bridgehead atoms. The van der Waals surface area contributed by atoms with Crippen LogP contribution >= 0.6 is 0 Å². The van der Waals surface area contributed by atoms with E-state index in [2.05, 4.69) is 30.4 Å². The summed E-state index contributed by atoms with van der Waals surface area (Å²) in [6.07, 6.45) is 4.09. The zero-order valence-corrected chi connectivity index (χ0v) is 10.3. The highest BCUT2D eigenvalue weighted by atomic mass is 16.5. The molecule has 16 heavy (non-hydrogen) atoms. The van der Waals surface area contributed by atoms with E-state index in [1.54, 1.807) is 0 Å². The van der Waals surface area contributed by atoms with Crippen LogP contribution in [-0.4, -0.2) is 19.7 Å². The lowest BCUT2D eigenvalue weighted by molar-refractivity contribution is 0.0545. The van der Waals surface area contributed by atoms with Crippen molar-refractivity contribution in [2.75, 3.05) is 13.6 Å². The third-order valence-corrected chi connectivity index (χ3v) is 3.19. The quantitative estimate of drug-likeness (QED) is 0.820. The van der Waals surface area contributed by atoms with Gasteiger partial charge in [-0.25, -0.2) is 0 Å². The molecule has 0 spiro atoms. The van der Waals surface area contributed by atoms with E-state index in [-0.39, 0.29) is 6.10 Å². The molecule has 88 valence electrons. The molecule has 2 nitrogen and oxygen atoms in total. The summed E-state index contributed by atoms with van der Waals surface area (Å²) >= 11 is 0. The van der Waals surface area contributed by atoms with E-state index in [4.69, 9.17) is 4.74 Å². The Bertz CT molecular complexity index is 349. The van der Waals surface area contributed by atoms with Crippen molar-refractivity contribution in [3.05, 3.63) is 34.9 Å². The van der Waals surface area contributed by atoms with Crippen LogP contribution < -0.4 is 5.32 Å². The standard InChI is InChI=1S/C14H21NO/c1-11(9-15-2)16-10-12-6-7-13-4-3-5-14(13)8-12/h6-8,11,15H,3-5,9-10H2,1-2H3. The highest BCUT2D eigenvalue weighted by molar-refractivity contribution is 5.34. The molecule has 0 aliphatic heterocycles. The van der Waals surface area contributed by atoms with Gasteiger partial charge in [0.1, 0.15) is 0 Å². The van der Waals surface area contributed by atoms with Crippen LogP contribution in [0.1, 0.15) is 30.0 Å². The van der Waals surface area contributed by atoms with Crippen LogP contribution in [0.2, 0.25) is 0 Å². The molecular weight excluding hydrogens is 198 g/mol. The van der Waals surface area contributed by atoms with Gasteiger partial charge in [-0.15, -0.1) is 0 Å². The van der Waals surface area contributed by atoms with Crippen molar-refractivity contribution in [3.8, 4) is 0 Å². The lowest BCUT2D eigenvalue weighted by atomic mass is 10.1. The minimum Gasteiger partial charge on any atom is -0.373 e. The van der Waals surface area contributed by atoms with Gasteiger partial charge in [-0.05, 0) is 49.9 Å². The first-order valence-electron chi connectivity index (χ1n) is 6.16. The highest BCUT2D eigenvalue weighted by Crippen LogP contribution is 2.23. The van der Waals surface area contributed by atoms with Crippen LogP contribution in [0.3, 0.4) is 0 Å². The van der Waals surface area contributed by atoms with Crippen LogP contribution in [0.15, 0.2) is 18.2 Å². The second-order valence-electron chi connectivity index (χ2n) is 4.64. The fraction of sp³-hybridized carbons (Fsp3) is 0.571. The van der Waals surface area contributed by atoms with Gasteiger partial charge in [0.25, 0.3) is 0 Å². The largest absolute Gasteiger partial charge is 0.373 e. The number of aryl methyl sites for hydroxylation is 2. The number of benzene rings is 1. The molecule has 0 fully saturated rings. The van der Waals surface area contributed by atoms with Gasteiger partial charge in [0.2, 0.25) is 0 Å². The number of fused-ring (bicyclic) bond motifs is 1. The van der Waals surface area contributed by atoms with Gasteiger partial charge >= 0.3 is 0 Å². The van der Waals surface area contributed by atoms with Crippen molar-refractivity contribution in [3.63, 3.8) is 0 Å². The first-order valence-corrected chi connectivity index (χ1v) is 6.16. The van der Waals surface area contributed by atoms with Gasteiger partial charge in [-0.1, -0.05) is 18.2 Å². The zero-order chi connectivity index (χ0) is 11.4. The molecule has 1 aromatic rings. The average molecular weight is 219 g/mol. The number of hydrogen-bond donors (Lipinski definition) is 1. The Kier molecular flexibility index (Phi) is 3.97. The SMILES string of the molecule is CNCC(C)OCc1ccc2c(c1)CCC2. The van der Waals surface area contributed by atoms with Gasteiger partial charge in [-0.3, -0.25) is 0 Å². The molecule has 1 aromatic carbocycles. The van der Waals surface area contributed by atoms with Crippen molar-refractivity contribution in [1.82, 2.24) is 5.32 Å². The normalized spacial score (nSPS) is 16.1. The lowest BCUT2D eigenvalue weighted by Crippen LogP contribution is -2.23. The summed E-state index contributed by atoms with van der Waals surface area (Å²) in [4.78, 5) is 0.